The van der Waals surface area contributed by atoms with Crippen LogP contribution in [-0.2, 0) is 4.74 Å². The van der Waals surface area contributed by atoms with E-state index in [2.05, 4.69) is 6.92 Å². The van der Waals surface area contributed by atoms with E-state index in [1.54, 1.807) is 18.4 Å². The van der Waals surface area contributed by atoms with Crippen molar-refractivity contribution in [3.8, 4) is 16.9 Å². The number of amides is 1. The van der Waals surface area contributed by atoms with Crippen LogP contribution in [0.5, 0.6) is 5.75 Å². The minimum Gasteiger partial charge on any atom is -0.497 e. The first-order valence-electron chi connectivity index (χ1n) is 9.48. The highest BCUT2D eigenvalue weighted by Gasteiger charge is 2.25. The topological polar surface area (TPSA) is 64.8 Å². The molecule has 1 amide bonds. The van der Waals surface area contributed by atoms with Gasteiger partial charge in [-0.05, 0) is 62.1 Å². The van der Waals surface area contributed by atoms with Crippen molar-refractivity contribution in [1.29, 1.82) is 0 Å². The molecule has 2 heterocycles. The van der Waals surface area contributed by atoms with Gasteiger partial charge in [0.15, 0.2) is 0 Å². The Bertz CT molecular complexity index is 749. The molecule has 5 nitrogen and oxygen atoms in total. The molecule has 1 aromatic heterocycles. The fourth-order valence-corrected chi connectivity index (χ4v) is 4.37. The van der Waals surface area contributed by atoms with Crippen molar-refractivity contribution in [2.75, 3.05) is 33.4 Å². The van der Waals surface area contributed by atoms with Crippen molar-refractivity contribution in [2.24, 2.45) is 5.73 Å². The van der Waals surface area contributed by atoms with Gasteiger partial charge in [0.1, 0.15) is 5.75 Å². The normalized spacial score (nSPS) is 15.1. The van der Waals surface area contributed by atoms with Crippen molar-refractivity contribution in [1.82, 2.24) is 4.90 Å². The molecule has 0 spiro atoms. The Morgan fingerprint density at radius 2 is 1.96 bits per heavy atom. The van der Waals surface area contributed by atoms with Crippen molar-refractivity contribution in [3.63, 3.8) is 0 Å². The van der Waals surface area contributed by atoms with Crippen LogP contribution >= 0.6 is 11.3 Å². The molecule has 2 N–H and O–H groups in total. The molecule has 1 aliphatic heterocycles. The Morgan fingerprint density at radius 1 is 1.26 bits per heavy atom. The van der Waals surface area contributed by atoms with E-state index in [1.165, 1.54) is 0 Å². The fraction of sp³-hybridized carbons (Fsp3) is 0.476. The number of nitrogens with two attached hydrogens (primary N) is 1. The van der Waals surface area contributed by atoms with E-state index < -0.39 is 0 Å². The molecule has 1 aromatic carbocycles. The lowest BCUT2D eigenvalue weighted by Gasteiger charge is -2.31. The Hall–Kier alpha value is -1.89. The Labute approximate surface area is 165 Å². The van der Waals surface area contributed by atoms with Crippen LogP contribution in [-0.4, -0.2) is 50.3 Å². The van der Waals surface area contributed by atoms with Gasteiger partial charge in [-0.2, -0.15) is 0 Å². The number of carbonyl (C=O) groups excluding carboxylic acids is 1. The molecule has 0 bridgehead atoms. The van der Waals surface area contributed by atoms with E-state index in [-0.39, 0.29) is 12.0 Å². The Morgan fingerprint density at radius 3 is 2.59 bits per heavy atom. The van der Waals surface area contributed by atoms with E-state index in [4.69, 9.17) is 15.2 Å². The zero-order chi connectivity index (χ0) is 19.2. The standard InChI is InChI=1S/C21H28N2O3S/c1-15-19(16-4-6-17(25-2)7-5-16)14-20(27-15)21(24)23-11-8-18(9-12-23)26-13-3-10-22/h4-7,14,18H,3,8-13,22H2,1-2H3. The first-order valence-corrected chi connectivity index (χ1v) is 10.3. The van der Waals surface area contributed by atoms with Crippen molar-refractivity contribution in [2.45, 2.75) is 32.3 Å². The number of benzene rings is 1. The lowest BCUT2D eigenvalue weighted by Crippen LogP contribution is -2.40. The van der Waals surface area contributed by atoms with Crippen molar-refractivity contribution >= 4 is 17.2 Å². The number of hydrogen-bond acceptors (Lipinski definition) is 5. The molecule has 0 radical (unpaired) electrons. The molecule has 2 aromatic rings. The van der Waals surface area contributed by atoms with Gasteiger partial charge < -0.3 is 20.1 Å². The smallest absolute Gasteiger partial charge is 0.263 e. The first kappa shape index (κ1) is 19.9. The molecule has 6 heteroatoms. The van der Waals surface area contributed by atoms with E-state index in [9.17, 15) is 4.79 Å². The summed E-state index contributed by atoms with van der Waals surface area (Å²) >= 11 is 1.57. The van der Waals surface area contributed by atoms with Crippen LogP contribution in [0.15, 0.2) is 30.3 Å². The molecular formula is C21H28N2O3S. The van der Waals surface area contributed by atoms with Crippen molar-refractivity contribution < 1.29 is 14.3 Å². The Kier molecular flexibility index (Phi) is 6.88. The molecule has 1 saturated heterocycles. The van der Waals surface area contributed by atoms with Crippen LogP contribution in [0.4, 0.5) is 0 Å². The van der Waals surface area contributed by atoms with Crippen LogP contribution < -0.4 is 10.5 Å². The summed E-state index contributed by atoms with van der Waals surface area (Å²) in [5.41, 5.74) is 7.73. The monoisotopic (exact) mass is 388 g/mol. The lowest BCUT2D eigenvalue weighted by atomic mass is 10.1. The van der Waals surface area contributed by atoms with Gasteiger partial charge in [-0.1, -0.05) is 12.1 Å². The summed E-state index contributed by atoms with van der Waals surface area (Å²) in [5, 5.41) is 0. The SMILES string of the molecule is COc1ccc(-c2cc(C(=O)N3CCC(OCCCN)CC3)sc2C)cc1. The maximum atomic E-state index is 12.9. The highest BCUT2D eigenvalue weighted by molar-refractivity contribution is 7.14. The first-order chi connectivity index (χ1) is 13.1. The summed E-state index contributed by atoms with van der Waals surface area (Å²) in [6.07, 6.45) is 2.93. The van der Waals surface area contributed by atoms with Gasteiger partial charge in [-0.3, -0.25) is 4.79 Å². The summed E-state index contributed by atoms with van der Waals surface area (Å²) in [7, 11) is 1.66. The maximum absolute atomic E-state index is 12.9. The van der Waals surface area contributed by atoms with Crippen molar-refractivity contribution in [3.05, 3.63) is 40.1 Å². The average molecular weight is 389 g/mol. The molecule has 0 atom stereocenters. The quantitative estimate of drug-likeness (QED) is 0.735. The zero-order valence-corrected chi connectivity index (χ0v) is 16.9. The number of thiophene rings is 1. The molecule has 146 valence electrons. The predicted octanol–water partition coefficient (Wildman–Crippen LogP) is 3.70. The third-order valence-corrected chi connectivity index (χ3v) is 6.00. The van der Waals surface area contributed by atoms with Gasteiger partial charge in [-0.15, -0.1) is 11.3 Å². The number of carbonyl (C=O) groups is 1. The second kappa shape index (κ2) is 9.35. The van der Waals surface area contributed by atoms with E-state index in [0.29, 0.717) is 13.2 Å². The van der Waals surface area contributed by atoms with E-state index in [0.717, 1.165) is 59.0 Å². The molecule has 1 fully saturated rings. The highest BCUT2D eigenvalue weighted by atomic mass is 32.1. The number of hydrogen-bond donors (Lipinski definition) is 1. The largest absolute Gasteiger partial charge is 0.497 e. The maximum Gasteiger partial charge on any atom is 0.263 e. The third-order valence-electron chi connectivity index (χ3n) is 4.96. The van der Waals surface area contributed by atoms with Crippen LogP contribution in [0.1, 0.15) is 33.8 Å². The predicted molar refractivity (Wildman–Crippen MR) is 110 cm³/mol. The van der Waals surface area contributed by atoms with E-state index >= 15 is 0 Å². The van der Waals surface area contributed by atoms with Gasteiger partial charge >= 0.3 is 0 Å². The number of nitrogens with zero attached hydrogens (tertiary/aromatic N) is 1. The number of methoxy groups -OCH3 is 1. The zero-order valence-electron chi connectivity index (χ0n) is 16.1. The minimum atomic E-state index is 0.128. The van der Waals surface area contributed by atoms with E-state index in [1.807, 2.05) is 35.2 Å². The van der Waals surface area contributed by atoms with Gasteiger partial charge in [0.05, 0.1) is 18.1 Å². The molecule has 1 aliphatic rings. The lowest BCUT2D eigenvalue weighted by molar-refractivity contribution is 0.00858. The van der Waals surface area contributed by atoms with Gasteiger partial charge in [0.2, 0.25) is 0 Å². The molecular weight excluding hydrogens is 360 g/mol. The molecule has 0 aliphatic carbocycles. The number of piperidine rings is 1. The summed E-state index contributed by atoms with van der Waals surface area (Å²) in [5.74, 6) is 0.961. The Balaban J connectivity index is 1.62. The van der Waals surface area contributed by atoms with Crippen LogP contribution in [0.3, 0.4) is 0 Å². The summed E-state index contributed by atoms with van der Waals surface area (Å²) in [6, 6.07) is 9.99. The van der Waals surface area contributed by atoms with Crippen LogP contribution in [0.2, 0.25) is 0 Å². The minimum absolute atomic E-state index is 0.128. The molecule has 0 unspecified atom stereocenters. The number of rotatable bonds is 7. The van der Waals surface area contributed by atoms with Gasteiger partial charge in [0, 0.05) is 24.6 Å². The van der Waals surface area contributed by atoms with Crippen LogP contribution in [0.25, 0.3) is 11.1 Å². The van der Waals surface area contributed by atoms with Gasteiger partial charge in [-0.25, -0.2) is 0 Å². The summed E-state index contributed by atoms with van der Waals surface area (Å²) < 4.78 is 11.1. The van der Waals surface area contributed by atoms with Crippen LogP contribution in [0, 0.1) is 6.92 Å². The second-order valence-electron chi connectivity index (χ2n) is 6.81. The third kappa shape index (κ3) is 4.89. The average Bonchev–Trinajstić information content (AvgIpc) is 3.10. The van der Waals surface area contributed by atoms with Gasteiger partial charge in [0.25, 0.3) is 5.91 Å². The number of likely N-dealkylation sites (tertiary alicyclic amines) is 1. The summed E-state index contributed by atoms with van der Waals surface area (Å²) in [4.78, 5) is 16.8. The number of ether oxygens (including phenoxy) is 2. The second-order valence-corrected chi connectivity index (χ2v) is 8.07. The summed E-state index contributed by atoms with van der Waals surface area (Å²) in [6.45, 7) is 4.94. The molecule has 0 saturated carbocycles. The fourth-order valence-electron chi connectivity index (χ4n) is 3.36. The molecule has 27 heavy (non-hydrogen) atoms. The number of aryl methyl sites for hydroxylation is 1. The molecule has 3 rings (SSSR count). The highest BCUT2D eigenvalue weighted by Crippen LogP contribution is 2.33.